The summed E-state index contributed by atoms with van der Waals surface area (Å²) in [6.45, 7) is 8.56. The van der Waals surface area contributed by atoms with E-state index in [1.165, 1.54) is 36.9 Å². The number of ether oxygens (including phenoxy) is 1. The molecule has 1 aromatic rings. The summed E-state index contributed by atoms with van der Waals surface area (Å²) in [5.41, 5.74) is 2.59. The first-order chi connectivity index (χ1) is 9.16. The number of benzene rings is 1. The lowest BCUT2D eigenvalue weighted by atomic mass is 10.0. The third-order valence-electron chi connectivity index (χ3n) is 3.93. The molecule has 1 N–H and O–H groups in total. The molecule has 1 aliphatic rings. The molecule has 1 aromatic carbocycles. The van der Waals surface area contributed by atoms with Gasteiger partial charge >= 0.3 is 0 Å². The van der Waals surface area contributed by atoms with Crippen molar-refractivity contribution in [1.82, 2.24) is 5.32 Å². The van der Waals surface area contributed by atoms with Crippen molar-refractivity contribution >= 4 is 0 Å². The number of aryl methyl sites for hydroxylation is 1. The van der Waals surface area contributed by atoms with Gasteiger partial charge in [0.15, 0.2) is 0 Å². The Balaban J connectivity index is 1.89. The van der Waals surface area contributed by atoms with Crippen molar-refractivity contribution in [1.29, 1.82) is 0 Å². The van der Waals surface area contributed by atoms with Crippen LogP contribution in [0.4, 0.5) is 0 Å². The Labute approximate surface area is 117 Å². The molecule has 0 bridgehead atoms. The average Bonchev–Trinajstić information content (AvgIpc) is 2.39. The fourth-order valence-corrected chi connectivity index (χ4v) is 2.73. The highest BCUT2D eigenvalue weighted by Crippen LogP contribution is 2.27. The Bertz CT molecular complexity index is 394. The maximum absolute atomic E-state index is 6.04. The normalized spacial score (nSPS) is 19.7. The summed E-state index contributed by atoms with van der Waals surface area (Å²) in [5.74, 6) is 1.59. The second-order valence-corrected chi connectivity index (χ2v) is 5.98. The summed E-state index contributed by atoms with van der Waals surface area (Å²) in [5, 5.41) is 3.57. The third kappa shape index (κ3) is 4.24. The number of nitrogens with one attached hydrogen (secondary N) is 1. The van der Waals surface area contributed by atoms with E-state index in [1.807, 2.05) is 0 Å². The van der Waals surface area contributed by atoms with E-state index in [0.29, 0.717) is 12.0 Å². The van der Waals surface area contributed by atoms with Gasteiger partial charge in [0.1, 0.15) is 5.75 Å². The second-order valence-electron chi connectivity index (χ2n) is 5.98. The van der Waals surface area contributed by atoms with Crippen molar-refractivity contribution in [3.05, 3.63) is 29.3 Å². The van der Waals surface area contributed by atoms with Gasteiger partial charge < -0.3 is 10.1 Å². The van der Waals surface area contributed by atoms with Crippen LogP contribution in [0.5, 0.6) is 5.75 Å². The molecule has 1 fully saturated rings. The Morgan fingerprint density at radius 3 is 2.84 bits per heavy atom. The topological polar surface area (TPSA) is 21.3 Å². The average molecular weight is 261 g/mol. The standard InChI is InChI=1S/C17H27NO/c1-13(2)16-8-7-14(3)12-17(16)19-11-9-15-6-4-5-10-18-15/h7-8,12-13,15,18H,4-6,9-11H2,1-3H3/t15-/m0/s1. The molecule has 19 heavy (non-hydrogen) atoms. The van der Waals surface area contributed by atoms with Crippen molar-refractivity contribution in [3.8, 4) is 5.75 Å². The van der Waals surface area contributed by atoms with Crippen LogP contribution in [-0.2, 0) is 0 Å². The fraction of sp³-hybridized carbons (Fsp3) is 0.647. The molecule has 2 rings (SSSR count). The Morgan fingerprint density at radius 1 is 1.32 bits per heavy atom. The quantitative estimate of drug-likeness (QED) is 0.864. The van der Waals surface area contributed by atoms with Crippen LogP contribution in [0, 0.1) is 6.92 Å². The largest absolute Gasteiger partial charge is 0.493 e. The number of hydrogen-bond donors (Lipinski definition) is 1. The predicted octanol–water partition coefficient (Wildman–Crippen LogP) is 4.03. The van der Waals surface area contributed by atoms with Crippen LogP contribution in [-0.4, -0.2) is 19.2 Å². The zero-order chi connectivity index (χ0) is 13.7. The van der Waals surface area contributed by atoms with E-state index in [9.17, 15) is 0 Å². The van der Waals surface area contributed by atoms with Gasteiger partial charge in [0.2, 0.25) is 0 Å². The summed E-state index contributed by atoms with van der Waals surface area (Å²) >= 11 is 0. The maximum Gasteiger partial charge on any atom is 0.123 e. The maximum atomic E-state index is 6.04. The van der Waals surface area contributed by atoms with E-state index in [4.69, 9.17) is 4.74 Å². The molecule has 2 heteroatoms. The van der Waals surface area contributed by atoms with E-state index in [2.05, 4.69) is 44.3 Å². The second kappa shape index (κ2) is 6.95. The van der Waals surface area contributed by atoms with Crippen molar-refractivity contribution in [2.45, 2.75) is 58.4 Å². The highest BCUT2D eigenvalue weighted by Gasteiger charge is 2.13. The summed E-state index contributed by atoms with van der Waals surface area (Å²) in [7, 11) is 0. The van der Waals surface area contributed by atoms with Gasteiger partial charge in [-0.3, -0.25) is 0 Å². The van der Waals surface area contributed by atoms with E-state index in [-0.39, 0.29) is 0 Å². The van der Waals surface area contributed by atoms with Crippen molar-refractivity contribution in [2.24, 2.45) is 0 Å². The minimum absolute atomic E-state index is 0.517. The predicted molar refractivity (Wildman–Crippen MR) is 81.0 cm³/mol. The molecule has 0 aromatic heterocycles. The van der Waals surface area contributed by atoms with E-state index >= 15 is 0 Å². The molecular weight excluding hydrogens is 234 g/mol. The van der Waals surface area contributed by atoms with Crippen molar-refractivity contribution in [3.63, 3.8) is 0 Å². The van der Waals surface area contributed by atoms with E-state index < -0.39 is 0 Å². The molecular formula is C17H27NO. The first-order valence-electron chi connectivity index (χ1n) is 7.63. The van der Waals surface area contributed by atoms with Gasteiger partial charge in [0, 0.05) is 6.04 Å². The molecule has 0 aliphatic carbocycles. The first kappa shape index (κ1) is 14.4. The van der Waals surface area contributed by atoms with Gasteiger partial charge in [0.25, 0.3) is 0 Å². The van der Waals surface area contributed by atoms with Crippen LogP contribution in [0.1, 0.15) is 56.6 Å². The van der Waals surface area contributed by atoms with Gasteiger partial charge in [0.05, 0.1) is 6.61 Å². The molecule has 0 unspecified atom stereocenters. The van der Waals surface area contributed by atoms with Gasteiger partial charge in [-0.1, -0.05) is 32.4 Å². The molecule has 0 amide bonds. The highest BCUT2D eigenvalue weighted by atomic mass is 16.5. The molecule has 106 valence electrons. The monoisotopic (exact) mass is 261 g/mol. The van der Waals surface area contributed by atoms with Crippen LogP contribution in [0.25, 0.3) is 0 Å². The third-order valence-corrected chi connectivity index (χ3v) is 3.93. The number of hydrogen-bond acceptors (Lipinski definition) is 2. The number of rotatable bonds is 5. The lowest BCUT2D eigenvalue weighted by molar-refractivity contribution is 0.265. The molecule has 1 heterocycles. The summed E-state index contributed by atoms with van der Waals surface area (Å²) < 4.78 is 6.04. The first-order valence-corrected chi connectivity index (χ1v) is 7.63. The van der Waals surface area contributed by atoms with Crippen LogP contribution in [0.2, 0.25) is 0 Å². The summed E-state index contributed by atoms with van der Waals surface area (Å²) in [6, 6.07) is 7.20. The van der Waals surface area contributed by atoms with Gasteiger partial charge in [-0.25, -0.2) is 0 Å². The minimum atomic E-state index is 0.517. The Kier molecular flexibility index (Phi) is 5.26. The minimum Gasteiger partial charge on any atom is -0.493 e. The summed E-state index contributed by atoms with van der Waals surface area (Å²) in [6.07, 6.45) is 5.10. The van der Waals surface area contributed by atoms with Crippen LogP contribution >= 0.6 is 0 Å². The lowest BCUT2D eigenvalue weighted by Gasteiger charge is -2.23. The molecule has 1 atom stereocenters. The number of piperidine rings is 1. The molecule has 0 saturated carbocycles. The van der Waals surface area contributed by atoms with E-state index in [1.54, 1.807) is 0 Å². The van der Waals surface area contributed by atoms with Crippen LogP contribution in [0.15, 0.2) is 18.2 Å². The smallest absolute Gasteiger partial charge is 0.123 e. The Hall–Kier alpha value is -1.02. The van der Waals surface area contributed by atoms with Crippen LogP contribution in [0.3, 0.4) is 0 Å². The van der Waals surface area contributed by atoms with Crippen molar-refractivity contribution < 1.29 is 4.74 Å². The highest BCUT2D eigenvalue weighted by molar-refractivity contribution is 5.39. The van der Waals surface area contributed by atoms with Gasteiger partial charge in [-0.15, -0.1) is 0 Å². The van der Waals surface area contributed by atoms with Crippen LogP contribution < -0.4 is 10.1 Å². The molecule has 0 radical (unpaired) electrons. The molecule has 2 nitrogen and oxygen atoms in total. The molecule has 1 aliphatic heterocycles. The Morgan fingerprint density at radius 2 is 2.16 bits per heavy atom. The molecule has 0 spiro atoms. The molecule has 1 saturated heterocycles. The van der Waals surface area contributed by atoms with Gasteiger partial charge in [-0.2, -0.15) is 0 Å². The zero-order valence-corrected chi connectivity index (χ0v) is 12.5. The van der Waals surface area contributed by atoms with Crippen molar-refractivity contribution in [2.75, 3.05) is 13.2 Å². The zero-order valence-electron chi connectivity index (χ0n) is 12.5. The van der Waals surface area contributed by atoms with E-state index in [0.717, 1.165) is 18.8 Å². The SMILES string of the molecule is Cc1ccc(C(C)C)c(OCC[C@@H]2CCCCN2)c1. The van der Waals surface area contributed by atoms with Gasteiger partial charge in [-0.05, 0) is 55.8 Å². The summed E-state index contributed by atoms with van der Waals surface area (Å²) in [4.78, 5) is 0. The lowest BCUT2D eigenvalue weighted by Crippen LogP contribution is -2.35. The fourth-order valence-electron chi connectivity index (χ4n) is 2.73.